The van der Waals surface area contributed by atoms with E-state index >= 15 is 0 Å². The average Bonchev–Trinajstić information content (AvgIpc) is 3.33. The van der Waals surface area contributed by atoms with E-state index < -0.39 is 0 Å². The molecule has 0 aliphatic carbocycles. The van der Waals surface area contributed by atoms with Crippen LogP contribution < -0.4 is 0 Å². The minimum absolute atomic E-state index is 0.0689. The minimum Gasteiger partial charge on any atom is -0.466 e. The van der Waals surface area contributed by atoms with Crippen molar-refractivity contribution < 1.29 is 18.7 Å². The second kappa shape index (κ2) is 7.49. The van der Waals surface area contributed by atoms with Crippen molar-refractivity contribution in [3.8, 4) is 0 Å². The van der Waals surface area contributed by atoms with Gasteiger partial charge in [-0.2, -0.15) is 0 Å². The van der Waals surface area contributed by atoms with Crippen molar-refractivity contribution >= 4 is 28.5 Å². The lowest BCUT2D eigenvalue weighted by molar-refractivity contribution is -0.136. The van der Waals surface area contributed by atoms with Gasteiger partial charge in [0.15, 0.2) is 0 Å². The van der Waals surface area contributed by atoms with Crippen LogP contribution >= 0.6 is 0 Å². The molecule has 1 aromatic carbocycles. The highest BCUT2D eigenvalue weighted by Crippen LogP contribution is 2.45. The van der Waals surface area contributed by atoms with Gasteiger partial charge in [0.1, 0.15) is 11.3 Å². The van der Waals surface area contributed by atoms with Gasteiger partial charge in [0.25, 0.3) is 0 Å². The number of piperidine rings is 1. The van der Waals surface area contributed by atoms with Crippen LogP contribution in [0.25, 0.3) is 16.5 Å². The summed E-state index contributed by atoms with van der Waals surface area (Å²) in [7, 11) is 1.41. The van der Waals surface area contributed by atoms with E-state index in [0.717, 1.165) is 55.3 Å². The number of ether oxygens (including phenoxy) is 1. The maximum Gasteiger partial charge on any atom is 0.336 e. The number of rotatable bonds is 2. The number of para-hydroxylation sites is 1. The number of esters is 1. The number of nitrogens with zero attached hydrogens (tertiary/aromatic N) is 2. The molecule has 0 saturated carbocycles. The van der Waals surface area contributed by atoms with Crippen LogP contribution in [0, 0.1) is 5.92 Å². The lowest BCUT2D eigenvalue weighted by Gasteiger charge is -2.41. The zero-order valence-electron chi connectivity index (χ0n) is 17.6. The van der Waals surface area contributed by atoms with Crippen molar-refractivity contribution in [2.75, 3.05) is 20.2 Å². The molecular weight excluding hydrogens is 380 g/mol. The number of carbonyl (C=O) groups excluding carboxylic acids is 2. The van der Waals surface area contributed by atoms with Crippen LogP contribution in [-0.4, -0.2) is 54.1 Å². The summed E-state index contributed by atoms with van der Waals surface area (Å²) >= 11 is 0. The summed E-state index contributed by atoms with van der Waals surface area (Å²) in [5, 5.41) is 1.01. The zero-order chi connectivity index (χ0) is 20.8. The fourth-order valence-electron chi connectivity index (χ4n) is 5.30. The number of methoxy groups -OCH3 is 1. The molecule has 0 unspecified atom stereocenters. The first-order valence-corrected chi connectivity index (χ1v) is 10.9. The number of likely N-dealkylation sites (tertiary alicyclic amines) is 1. The Labute approximate surface area is 176 Å². The molecule has 2 aromatic rings. The lowest BCUT2D eigenvalue weighted by atomic mass is 9.91. The number of benzene rings is 1. The quantitative estimate of drug-likeness (QED) is 0.689. The van der Waals surface area contributed by atoms with Gasteiger partial charge in [-0.05, 0) is 50.2 Å². The monoisotopic (exact) mass is 408 g/mol. The van der Waals surface area contributed by atoms with E-state index in [2.05, 4.69) is 6.92 Å². The highest BCUT2D eigenvalue weighted by Gasteiger charge is 2.48. The van der Waals surface area contributed by atoms with E-state index in [9.17, 15) is 9.59 Å². The molecule has 3 aliphatic rings. The fourth-order valence-corrected chi connectivity index (χ4v) is 5.30. The van der Waals surface area contributed by atoms with Crippen molar-refractivity contribution in [3.63, 3.8) is 0 Å². The normalized spacial score (nSPS) is 24.6. The molecule has 1 aromatic heterocycles. The maximum atomic E-state index is 13.4. The van der Waals surface area contributed by atoms with Gasteiger partial charge < -0.3 is 19.0 Å². The lowest BCUT2D eigenvalue weighted by Crippen LogP contribution is -2.53. The average molecular weight is 408 g/mol. The standard InChI is InChI=1S/C24H28N2O4/c1-15-9-11-25(12-10-15)24(28)26-17-7-8-19(26)22(23(27)29-2)18(14-17)21-13-16-5-3-4-6-20(16)30-21/h3-6,13,15,17,19H,7-12,14H2,1-2H3/t17-,19+/m0/s1. The van der Waals surface area contributed by atoms with Crippen LogP contribution in [0.2, 0.25) is 0 Å². The smallest absolute Gasteiger partial charge is 0.336 e. The molecule has 5 rings (SSSR count). The molecule has 4 heterocycles. The summed E-state index contributed by atoms with van der Waals surface area (Å²) in [5.41, 5.74) is 2.28. The predicted molar refractivity (Wildman–Crippen MR) is 114 cm³/mol. The number of amides is 2. The number of hydrogen-bond donors (Lipinski definition) is 0. The summed E-state index contributed by atoms with van der Waals surface area (Å²) < 4.78 is 11.3. The summed E-state index contributed by atoms with van der Waals surface area (Å²) in [6, 6.07) is 9.77. The van der Waals surface area contributed by atoms with Crippen molar-refractivity contribution in [3.05, 3.63) is 41.7 Å². The summed E-state index contributed by atoms with van der Waals surface area (Å²) in [6.07, 6.45) is 4.38. The van der Waals surface area contributed by atoms with Crippen LogP contribution in [0.1, 0.15) is 44.8 Å². The van der Waals surface area contributed by atoms with E-state index in [1.807, 2.05) is 40.1 Å². The SMILES string of the molecule is COC(=O)C1=C(c2cc3ccccc3o2)C[C@@H]2CC[C@H]1N2C(=O)N1CCC(C)CC1. The molecule has 6 nitrogen and oxygen atoms in total. The fraction of sp³-hybridized carbons (Fsp3) is 0.500. The maximum absolute atomic E-state index is 13.4. The van der Waals surface area contributed by atoms with Gasteiger partial charge in [-0.1, -0.05) is 25.1 Å². The van der Waals surface area contributed by atoms with E-state index in [1.165, 1.54) is 7.11 Å². The number of furan rings is 1. The second-order valence-electron chi connectivity index (χ2n) is 8.84. The number of fused-ring (bicyclic) bond motifs is 3. The molecule has 6 heteroatoms. The van der Waals surface area contributed by atoms with Crippen LogP contribution in [0.3, 0.4) is 0 Å². The Balaban J connectivity index is 1.52. The van der Waals surface area contributed by atoms with Gasteiger partial charge in [-0.25, -0.2) is 9.59 Å². The van der Waals surface area contributed by atoms with Gasteiger partial charge in [0.05, 0.1) is 18.7 Å². The van der Waals surface area contributed by atoms with Crippen molar-refractivity contribution in [2.45, 2.75) is 51.1 Å². The number of urea groups is 1. The van der Waals surface area contributed by atoms with Crippen LogP contribution in [-0.2, 0) is 9.53 Å². The molecule has 2 fully saturated rings. The molecule has 2 saturated heterocycles. The second-order valence-corrected chi connectivity index (χ2v) is 8.84. The number of hydrogen-bond acceptors (Lipinski definition) is 4. The molecule has 3 aliphatic heterocycles. The summed E-state index contributed by atoms with van der Waals surface area (Å²) in [5.74, 6) is 1.02. The largest absolute Gasteiger partial charge is 0.466 e. The molecule has 30 heavy (non-hydrogen) atoms. The van der Waals surface area contributed by atoms with Crippen LogP contribution in [0.15, 0.2) is 40.3 Å². The van der Waals surface area contributed by atoms with Gasteiger partial charge in [0, 0.05) is 30.1 Å². The Hall–Kier alpha value is -2.76. The predicted octanol–water partition coefficient (Wildman–Crippen LogP) is 4.45. The van der Waals surface area contributed by atoms with Crippen molar-refractivity contribution in [1.29, 1.82) is 0 Å². The molecular formula is C24H28N2O4. The van der Waals surface area contributed by atoms with Crippen LogP contribution in [0.4, 0.5) is 4.79 Å². The van der Waals surface area contributed by atoms with E-state index in [0.29, 0.717) is 23.7 Å². The Morgan fingerprint density at radius 2 is 1.87 bits per heavy atom. The summed E-state index contributed by atoms with van der Waals surface area (Å²) in [6.45, 7) is 3.83. The Bertz CT molecular complexity index is 982. The molecule has 2 atom stereocenters. The minimum atomic E-state index is -0.360. The first kappa shape index (κ1) is 19.2. The number of carbonyl (C=O) groups is 2. The van der Waals surface area contributed by atoms with Gasteiger partial charge in [-0.15, -0.1) is 0 Å². The van der Waals surface area contributed by atoms with Crippen LogP contribution in [0.5, 0.6) is 0 Å². The van der Waals surface area contributed by atoms with Gasteiger partial charge in [0.2, 0.25) is 0 Å². The third-order valence-corrected chi connectivity index (χ3v) is 7.00. The third kappa shape index (κ3) is 3.09. The Morgan fingerprint density at radius 1 is 1.10 bits per heavy atom. The van der Waals surface area contributed by atoms with Crippen molar-refractivity contribution in [2.24, 2.45) is 5.92 Å². The first-order valence-electron chi connectivity index (χ1n) is 10.9. The molecule has 0 spiro atoms. The molecule has 2 bridgehead atoms. The van der Waals surface area contributed by atoms with E-state index in [-0.39, 0.29) is 24.1 Å². The van der Waals surface area contributed by atoms with Gasteiger partial charge in [-0.3, -0.25) is 0 Å². The first-order chi connectivity index (χ1) is 14.6. The molecule has 0 N–H and O–H groups in total. The topological polar surface area (TPSA) is 63.0 Å². The van der Waals surface area contributed by atoms with E-state index in [1.54, 1.807) is 0 Å². The highest BCUT2D eigenvalue weighted by molar-refractivity contribution is 6.01. The highest BCUT2D eigenvalue weighted by atomic mass is 16.5. The summed E-state index contributed by atoms with van der Waals surface area (Å²) in [4.78, 5) is 30.2. The molecule has 2 amide bonds. The third-order valence-electron chi connectivity index (χ3n) is 7.00. The van der Waals surface area contributed by atoms with Crippen molar-refractivity contribution in [1.82, 2.24) is 9.80 Å². The molecule has 0 radical (unpaired) electrons. The zero-order valence-corrected chi connectivity index (χ0v) is 17.6. The van der Waals surface area contributed by atoms with E-state index in [4.69, 9.17) is 9.15 Å². The van der Waals surface area contributed by atoms with Gasteiger partial charge >= 0.3 is 12.0 Å². The Morgan fingerprint density at radius 3 is 2.60 bits per heavy atom. The Kier molecular flexibility index (Phi) is 4.80. The molecule has 158 valence electrons.